The lowest BCUT2D eigenvalue weighted by Gasteiger charge is -2.32. The summed E-state index contributed by atoms with van der Waals surface area (Å²) in [5.41, 5.74) is 5.79. The molecule has 0 amide bonds. The standard InChI is InChI=1S/C23H21F2N3/c1-14-18-5-3-15(11-17(18)8-10-27(14)2)16-4-6-19-20-13-26-9-7-21(20)28(23(24)25)22(19)12-16/h3-7,9,11-14,23H,8,10H2,1-2H3. The third-order valence-corrected chi connectivity index (χ3v) is 6.12. The molecule has 1 atom stereocenters. The Labute approximate surface area is 162 Å². The highest BCUT2D eigenvalue weighted by Gasteiger charge is 2.21. The maximum atomic E-state index is 13.8. The van der Waals surface area contributed by atoms with Crippen LogP contribution in [0, 0.1) is 0 Å². The van der Waals surface area contributed by atoms with Gasteiger partial charge in [0.25, 0.3) is 0 Å². The van der Waals surface area contributed by atoms with Gasteiger partial charge in [0.1, 0.15) is 0 Å². The van der Waals surface area contributed by atoms with E-state index in [9.17, 15) is 8.78 Å². The molecule has 2 aromatic heterocycles. The quantitative estimate of drug-likeness (QED) is 0.440. The number of hydrogen-bond acceptors (Lipinski definition) is 2. The number of rotatable bonds is 2. The number of alkyl halides is 2. The largest absolute Gasteiger partial charge is 0.319 e. The van der Waals surface area contributed by atoms with Crippen molar-refractivity contribution in [2.75, 3.05) is 13.6 Å². The molecular formula is C23H21F2N3. The fourth-order valence-electron chi connectivity index (χ4n) is 4.42. The van der Waals surface area contributed by atoms with E-state index in [1.807, 2.05) is 18.2 Å². The van der Waals surface area contributed by atoms with E-state index in [1.54, 1.807) is 18.5 Å². The van der Waals surface area contributed by atoms with Gasteiger partial charge >= 0.3 is 6.55 Å². The topological polar surface area (TPSA) is 21.1 Å². The molecule has 5 rings (SSSR count). The van der Waals surface area contributed by atoms with Gasteiger partial charge in [-0.15, -0.1) is 0 Å². The fraction of sp³-hybridized carbons (Fsp3) is 0.261. The van der Waals surface area contributed by atoms with E-state index in [0.717, 1.165) is 39.4 Å². The molecular weight excluding hydrogens is 356 g/mol. The first-order valence-corrected chi connectivity index (χ1v) is 9.54. The van der Waals surface area contributed by atoms with Crippen LogP contribution in [0.3, 0.4) is 0 Å². The summed E-state index contributed by atoms with van der Waals surface area (Å²) >= 11 is 0. The van der Waals surface area contributed by atoms with E-state index >= 15 is 0 Å². The number of fused-ring (bicyclic) bond motifs is 4. The number of hydrogen-bond donors (Lipinski definition) is 0. The van der Waals surface area contributed by atoms with E-state index in [4.69, 9.17) is 0 Å². The Bertz CT molecular complexity index is 1200. The minimum Gasteiger partial charge on any atom is -0.299 e. The average molecular weight is 377 g/mol. The van der Waals surface area contributed by atoms with Gasteiger partial charge in [0, 0.05) is 35.8 Å². The Kier molecular flexibility index (Phi) is 3.95. The normalized spacial score (nSPS) is 17.5. The number of benzene rings is 2. The van der Waals surface area contributed by atoms with E-state index in [2.05, 4.69) is 42.1 Å². The molecule has 1 unspecified atom stereocenters. The lowest BCUT2D eigenvalue weighted by Crippen LogP contribution is -2.30. The zero-order valence-electron chi connectivity index (χ0n) is 15.9. The van der Waals surface area contributed by atoms with Crippen molar-refractivity contribution in [2.45, 2.75) is 25.9 Å². The second-order valence-corrected chi connectivity index (χ2v) is 7.59. The Morgan fingerprint density at radius 2 is 1.79 bits per heavy atom. The van der Waals surface area contributed by atoms with Crippen molar-refractivity contribution in [1.29, 1.82) is 0 Å². The van der Waals surface area contributed by atoms with Crippen LogP contribution in [0.1, 0.15) is 30.6 Å². The van der Waals surface area contributed by atoms with Crippen molar-refractivity contribution >= 4 is 21.8 Å². The Morgan fingerprint density at radius 3 is 2.61 bits per heavy atom. The highest BCUT2D eigenvalue weighted by atomic mass is 19.3. The van der Waals surface area contributed by atoms with Crippen molar-refractivity contribution < 1.29 is 8.78 Å². The second kappa shape index (κ2) is 6.38. The maximum absolute atomic E-state index is 13.8. The average Bonchev–Trinajstić information content (AvgIpc) is 3.04. The van der Waals surface area contributed by atoms with Gasteiger partial charge in [0.05, 0.1) is 11.0 Å². The monoisotopic (exact) mass is 377 g/mol. The first-order valence-electron chi connectivity index (χ1n) is 9.54. The Hall–Kier alpha value is -2.79. The summed E-state index contributed by atoms with van der Waals surface area (Å²) in [6.45, 7) is 0.653. The molecule has 0 aliphatic carbocycles. The van der Waals surface area contributed by atoms with E-state index in [1.165, 1.54) is 11.1 Å². The molecule has 0 saturated heterocycles. The van der Waals surface area contributed by atoms with Gasteiger partial charge in [-0.05, 0) is 54.8 Å². The molecule has 1 aliphatic rings. The van der Waals surface area contributed by atoms with Crippen LogP contribution >= 0.6 is 0 Å². The summed E-state index contributed by atoms with van der Waals surface area (Å²) in [6.07, 6.45) is 4.23. The van der Waals surface area contributed by atoms with Gasteiger partial charge in [0.15, 0.2) is 0 Å². The zero-order valence-corrected chi connectivity index (χ0v) is 15.9. The summed E-state index contributed by atoms with van der Waals surface area (Å²) in [5, 5.41) is 1.56. The van der Waals surface area contributed by atoms with Crippen LogP contribution in [0.5, 0.6) is 0 Å². The summed E-state index contributed by atoms with van der Waals surface area (Å²) in [5.74, 6) is 0. The van der Waals surface area contributed by atoms with E-state index < -0.39 is 6.55 Å². The van der Waals surface area contributed by atoms with Crippen LogP contribution in [0.15, 0.2) is 54.9 Å². The van der Waals surface area contributed by atoms with Crippen LogP contribution in [0.2, 0.25) is 0 Å². The number of halogens is 2. The van der Waals surface area contributed by atoms with Gasteiger partial charge in [0.2, 0.25) is 0 Å². The molecule has 0 spiro atoms. The van der Waals surface area contributed by atoms with Gasteiger partial charge in [-0.25, -0.2) is 0 Å². The van der Waals surface area contributed by atoms with Gasteiger partial charge in [-0.3, -0.25) is 14.5 Å². The smallest absolute Gasteiger partial charge is 0.299 e. The van der Waals surface area contributed by atoms with Gasteiger partial charge in [-0.2, -0.15) is 8.78 Å². The molecule has 0 radical (unpaired) electrons. The lowest BCUT2D eigenvalue weighted by atomic mass is 9.90. The second-order valence-electron chi connectivity index (χ2n) is 7.59. The molecule has 28 heavy (non-hydrogen) atoms. The Morgan fingerprint density at radius 1 is 1.00 bits per heavy atom. The van der Waals surface area contributed by atoms with Crippen molar-refractivity contribution in [3.8, 4) is 11.1 Å². The minimum absolute atomic E-state index is 0.397. The van der Waals surface area contributed by atoms with Crippen LogP contribution < -0.4 is 0 Å². The zero-order chi connectivity index (χ0) is 19.4. The number of nitrogens with zero attached hydrogens (tertiary/aromatic N) is 3. The lowest BCUT2D eigenvalue weighted by molar-refractivity contribution is 0.0796. The summed E-state index contributed by atoms with van der Waals surface area (Å²) < 4.78 is 28.8. The summed E-state index contributed by atoms with van der Waals surface area (Å²) in [6, 6.07) is 14.4. The number of pyridine rings is 1. The maximum Gasteiger partial charge on any atom is 0.319 e. The molecule has 3 nitrogen and oxygen atoms in total. The highest BCUT2D eigenvalue weighted by molar-refractivity contribution is 6.08. The summed E-state index contributed by atoms with van der Waals surface area (Å²) in [7, 11) is 2.15. The minimum atomic E-state index is -2.60. The van der Waals surface area contributed by atoms with Gasteiger partial charge in [-0.1, -0.05) is 30.3 Å². The predicted octanol–water partition coefficient (Wildman–Crippen LogP) is 5.80. The molecule has 4 aromatic rings. The molecule has 5 heteroatoms. The first kappa shape index (κ1) is 17.3. The van der Waals surface area contributed by atoms with Crippen LogP contribution in [0.4, 0.5) is 8.78 Å². The van der Waals surface area contributed by atoms with Gasteiger partial charge < -0.3 is 0 Å². The third kappa shape index (κ3) is 2.53. The first-order chi connectivity index (χ1) is 13.5. The molecule has 0 bridgehead atoms. The molecule has 142 valence electrons. The van der Waals surface area contributed by atoms with Crippen molar-refractivity contribution in [1.82, 2.24) is 14.5 Å². The summed E-state index contributed by atoms with van der Waals surface area (Å²) in [4.78, 5) is 6.47. The van der Waals surface area contributed by atoms with Crippen molar-refractivity contribution in [2.24, 2.45) is 0 Å². The molecule has 0 saturated carbocycles. The molecule has 0 N–H and O–H groups in total. The number of likely N-dealkylation sites (N-methyl/N-ethyl adjacent to an activating group) is 1. The molecule has 3 heterocycles. The Balaban J connectivity index is 1.68. The van der Waals surface area contributed by atoms with Crippen LogP contribution in [0.25, 0.3) is 32.9 Å². The highest BCUT2D eigenvalue weighted by Crippen LogP contribution is 2.36. The SMILES string of the molecule is CC1c2ccc(-c3ccc4c5cnccc5n(C(F)F)c4c3)cc2CCN1C. The van der Waals surface area contributed by atoms with Crippen molar-refractivity contribution in [3.63, 3.8) is 0 Å². The molecule has 2 aromatic carbocycles. The number of aromatic nitrogens is 2. The van der Waals surface area contributed by atoms with Crippen molar-refractivity contribution in [3.05, 3.63) is 66.0 Å². The fourth-order valence-corrected chi connectivity index (χ4v) is 4.42. The predicted molar refractivity (Wildman–Crippen MR) is 109 cm³/mol. The van der Waals surface area contributed by atoms with E-state index in [-0.39, 0.29) is 0 Å². The van der Waals surface area contributed by atoms with Crippen LogP contribution in [-0.4, -0.2) is 28.0 Å². The van der Waals surface area contributed by atoms with Crippen LogP contribution in [-0.2, 0) is 6.42 Å². The third-order valence-electron chi connectivity index (χ3n) is 6.12. The molecule has 1 aliphatic heterocycles. The van der Waals surface area contributed by atoms with E-state index in [0.29, 0.717) is 17.1 Å². The molecule has 0 fully saturated rings.